The smallest absolute Gasteiger partial charge is 0.233 e. The van der Waals surface area contributed by atoms with E-state index in [0.29, 0.717) is 5.88 Å². The first-order valence-electron chi connectivity index (χ1n) is 5.09. The number of nitrogens with zero attached hydrogens (tertiary/aromatic N) is 2. The number of hydrogen-bond donors (Lipinski definition) is 0. The second-order valence-electron chi connectivity index (χ2n) is 3.55. The zero-order valence-electron chi connectivity index (χ0n) is 10.1. The van der Waals surface area contributed by atoms with Crippen LogP contribution in [0.5, 0.6) is 5.88 Å². The molecule has 0 bridgehead atoms. The fourth-order valence-corrected chi connectivity index (χ4v) is 2.66. The van der Waals surface area contributed by atoms with E-state index in [1.807, 2.05) is 19.0 Å². The van der Waals surface area contributed by atoms with E-state index in [1.165, 1.54) is 5.57 Å². The van der Waals surface area contributed by atoms with E-state index in [0.717, 1.165) is 21.8 Å². The molecule has 1 aromatic heterocycles. The van der Waals surface area contributed by atoms with E-state index >= 15 is 0 Å². The van der Waals surface area contributed by atoms with Crippen LogP contribution in [-0.4, -0.2) is 31.5 Å². The molecular formula is C11H17BrN2OS. The van der Waals surface area contributed by atoms with Gasteiger partial charge >= 0.3 is 0 Å². The van der Waals surface area contributed by atoms with E-state index in [1.54, 1.807) is 18.4 Å². The molecule has 0 spiro atoms. The molecule has 0 radical (unpaired) electrons. The molecule has 3 nitrogen and oxygen atoms in total. The fraction of sp³-hybridized carbons (Fsp3) is 0.545. The van der Waals surface area contributed by atoms with Gasteiger partial charge in [0.2, 0.25) is 5.88 Å². The minimum atomic E-state index is 0.709. The van der Waals surface area contributed by atoms with E-state index in [4.69, 9.17) is 4.74 Å². The van der Waals surface area contributed by atoms with Crippen molar-refractivity contribution in [1.82, 2.24) is 4.98 Å². The summed E-state index contributed by atoms with van der Waals surface area (Å²) in [5, 5.41) is 1.86. The summed E-state index contributed by atoms with van der Waals surface area (Å²) >= 11 is 5.12. The van der Waals surface area contributed by atoms with Gasteiger partial charge in [0.25, 0.3) is 0 Å². The number of allylic oxidation sites excluding steroid dienone is 1. The summed E-state index contributed by atoms with van der Waals surface area (Å²) in [6, 6.07) is 0. The van der Waals surface area contributed by atoms with E-state index in [2.05, 4.69) is 33.9 Å². The molecule has 0 N–H and O–H groups in total. The van der Waals surface area contributed by atoms with Gasteiger partial charge in [-0.25, -0.2) is 0 Å². The minimum Gasteiger partial charge on any atom is -0.480 e. The number of hydrogen-bond acceptors (Lipinski definition) is 4. The van der Waals surface area contributed by atoms with Crippen molar-refractivity contribution in [2.45, 2.75) is 13.3 Å². The summed E-state index contributed by atoms with van der Waals surface area (Å²) < 4.78 is 5.28. The molecule has 0 atom stereocenters. The van der Waals surface area contributed by atoms with Gasteiger partial charge in [-0.3, -0.25) is 0 Å². The molecule has 1 heterocycles. The predicted octanol–water partition coefficient (Wildman–Crippen LogP) is 3.41. The van der Waals surface area contributed by atoms with Gasteiger partial charge < -0.3 is 9.64 Å². The molecular weight excluding hydrogens is 288 g/mol. The molecule has 0 amide bonds. The van der Waals surface area contributed by atoms with Crippen molar-refractivity contribution in [3.05, 3.63) is 10.5 Å². The van der Waals surface area contributed by atoms with Crippen molar-refractivity contribution in [2.75, 3.05) is 31.4 Å². The first-order chi connectivity index (χ1) is 7.62. The average Bonchev–Trinajstić information content (AvgIpc) is 2.69. The molecule has 1 rings (SSSR count). The Morgan fingerprint density at radius 3 is 2.69 bits per heavy atom. The summed E-state index contributed by atoms with van der Waals surface area (Å²) in [7, 11) is 5.62. The van der Waals surface area contributed by atoms with Crippen molar-refractivity contribution in [3.63, 3.8) is 0 Å². The summed E-state index contributed by atoms with van der Waals surface area (Å²) in [4.78, 5) is 7.49. The molecule has 1 aromatic rings. The maximum Gasteiger partial charge on any atom is 0.233 e. The van der Waals surface area contributed by atoms with Gasteiger partial charge in [0.05, 0.1) is 12.0 Å². The van der Waals surface area contributed by atoms with Crippen LogP contribution in [0, 0.1) is 0 Å². The molecule has 0 saturated heterocycles. The third kappa shape index (κ3) is 3.22. The Morgan fingerprint density at radius 2 is 2.25 bits per heavy atom. The number of rotatable bonds is 5. The Labute approximate surface area is 109 Å². The lowest BCUT2D eigenvalue weighted by Crippen LogP contribution is -2.07. The Bertz CT molecular complexity index is 368. The normalized spacial score (nSPS) is 11.7. The zero-order chi connectivity index (χ0) is 12.1. The van der Waals surface area contributed by atoms with Crippen molar-refractivity contribution in [3.8, 4) is 5.88 Å². The topological polar surface area (TPSA) is 25.4 Å². The number of anilines is 1. The van der Waals surface area contributed by atoms with Gasteiger partial charge in [0.15, 0.2) is 5.13 Å². The molecule has 90 valence electrons. The number of thiazole rings is 1. The largest absolute Gasteiger partial charge is 0.480 e. The molecule has 16 heavy (non-hydrogen) atoms. The third-order valence-electron chi connectivity index (χ3n) is 2.15. The number of alkyl halides is 1. The monoisotopic (exact) mass is 304 g/mol. The average molecular weight is 305 g/mol. The van der Waals surface area contributed by atoms with E-state index in [9.17, 15) is 0 Å². The van der Waals surface area contributed by atoms with Gasteiger partial charge in [-0.2, -0.15) is 4.98 Å². The summed E-state index contributed by atoms with van der Waals surface area (Å²) in [6.07, 6.45) is 3.18. The molecule has 0 aliphatic rings. The van der Waals surface area contributed by atoms with Gasteiger partial charge in [-0.1, -0.05) is 39.8 Å². The van der Waals surface area contributed by atoms with Gasteiger partial charge in [-0.15, -0.1) is 0 Å². The summed E-state index contributed by atoms with van der Waals surface area (Å²) in [5.74, 6) is 0.709. The highest BCUT2D eigenvalue weighted by Crippen LogP contribution is 2.32. The highest BCUT2D eigenvalue weighted by atomic mass is 79.9. The quantitative estimate of drug-likeness (QED) is 0.780. The maximum absolute atomic E-state index is 5.28. The van der Waals surface area contributed by atoms with Crippen LogP contribution in [0.3, 0.4) is 0 Å². The van der Waals surface area contributed by atoms with E-state index in [-0.39, 0.29) is 0 Å². The number of methoxy groups -OCH3 is 1. The van der Waals surface area contributed by atoms with Crippen LogP contribution in [0.25, 0.3) is 6.08 Å². The molecule has 0 aromatic carbocycles. The number of ether oxygens (including phenoxy) is 1. The lowest BCUT2D eigenvalue weighted by molar-refractivity contribution is 0.400. The SMILES string of the molecule is CCC(=Cc1sc(N(C)C)nc1OC)CBr. The molecule has 0 saturated carbocycles. The first kappa shape index (κ1) is 13.5. The fourth-order valence-electron chi connectivity index (χ4n) is 1.16. The number of halogens is 1. The lowest BCUT2D eigenvalue weighted by Gasteiger charge is -2.04. The molecule has 0 fully saturated rings. The third-order valence-corrected chi connectivity index (χ3v) is 4.02. The lowest BCUT2D eigenvalue weighted by atomic mass is 10.2. The summed E-state index contributed by atoms with van der Waals surface area (Å²) in [6.45, 7) is 2.15. The van der Waals surface area contributed by atoms with E-state index < -0.39 is 0 Å². The maximum atomic E-state index is 5.28. The Hall–Kier alpha value is -0.550. The Balaban J connectivity index is 3.07. The highest BCUT2D eigenvalue weighted by molar-refractivity contribution is 9.09. The van der Waals surface area contributed by atoms with Crippen LogP contribution in [0.2, 0.25) is 0 Å². The van der Waals surface area contributed by atoms with Gasteiger partial charge in [0.1, 0.15) is 0 Å². The molecule has 0 unspecified atom stereocenters. The van der Waals surface area contributed by atoms with Crippen molar-refractivity contribution in [2.24, 2.45) is 0 Å². The van der Waals surface area contributed by atoms with Crippen LogP contribution in [0.4, 0.5) is 5.13 Å². The molecule has 0 aliphatic heterocycles. The van der Waals surface area contributed by atoms with Crippen molar-refractivity contribution < 1.29 is 4.74 Å². The highest BCUT2D eigenvalue weighted by Gasteiger charge is 2.11. The molecule has 5 heteroatoms. The Morgan fingerprint density at radius 1 is 1.56 bits per heavy atom. The molecule has 0 aliphatic carbocycles. The van der Waals surface area contributed by atoms with Crippen LogP contribution in [0.15, 0.2) is 5.57 Å². The van der Waals surface area contributed by atoms with Crippen LogP contribution in [-0.2, 0) is 0 Å². The number of aromatic nitrogens is 1. The van der Waals surface area contributed by atoms with Crippen LogP contribution < -0.4 is 9.64 Å². The van der Waals surface area contributed by atoms with Crippen molar-refractivity contribution in [1.29, 1.82) is 0 Å². The van der Waals surface area contributed by atoms with Crippen molar-refractivity contribution >= 4 is 38.5 Å². The first-order valence-corrected chi connectivity index (χ1v) is 7.03. The van der Waals surface area contributed by atoms with Gasteiger partial charge in [0, 0.05) is 19.4 Å². The summed E-state index contributed by atoms with van der Waals surface area (Å²) in [5.41, 5.74) is 1.34. The predicted molar refractivity (Wildman–Crippen MR) is 75.1 cm³/mol. The second kappa shape index (κ2) is 6.25. The second-order valence-corrected chi connectivity index (χ2v) is 5.12. The Kier molecular flexibility index (Phi) is 5.28. The zero-order valence-corrected chi connectivity index (χ0v) is 12.5. The van der Waals surface area contributed by atoms with Gasteiger partial charge in [-0.05, 0) is 12.5 Å². The standard InChI is InChI=1S/C11H17BrN2OS/c1-5-8(7-12)6-9-10(15-4)13-11(16-9)14(2)3/h6H,5,7H2,1-4H3. The van der Waals surface area contributed by atoms with Crippen LogP contribution in [0.1, 0.15) is 18.2 Å². The minimum absolute atomic E-state index is 0.709. The van der Waals surface area contributed by atoms with Crippen LogP contribution >= 0.6 is 27.3 Å².